The Morgan fingerprint density at radius 1 is 0.800 bits per heavy atom. The van der Waals surface area contributed by atoms with Crippen LogP contribution in [-0.4, -0.2) is 42.5 Å². The SMILES string of the molecule is C=CC(OOC(C)(C)CC)OC(C)OC(=O)OC(C)OC(C=C)OOC(C)(C)CC. The van der Waals surface area contributed by atoms with Gasteiger partial charge in [-0.15, -0.1) is 0 Å². The maximum absolute atomic E-state index is 11.9. The van der Waals surface area contributed by atoms with E-state index >= 15 is 0 Å². The van der Waals surface area contributed by atoms with Crippen molar-refractivity contribution in [2.45, 2.75) is 105 Å². The molecule has 0 amide bonds. The van der Waals surface area contributed by atoms with Gasteiger partial charge in [-0.05, 0) is 66.5 Å². The third kappa shape index (κ3) is 12.9. The van der Waals surface area contributed by atoms with Crippen LogP contribution in [0.2, 0.25) is 0 Å². The molecule has 4 unspecified atom stereocenters. The number of carbonyl (C=O) groups is 1. The van der Waals surface area contributed by atoms with E-state index in [1.54, 1.807) is 0 Å². The van der Waals surface area contributed by atoms with Crippen LogP contribution in [0.25, 0.3) is 0 Å². The van der Waals surface area contributed by atoms with Crippen LogP contribution in [0.5, 0.6) is 0 Å². The van der Waals surface area contributed by atoms with Crippen LogP contribution < -0.4 is 0 Å². The third-order valence-corrected chi connectivity index (χ3v) is 4.00. The quantitative estimate of drug-likeness (QED) is 0.107. The maximum atomic E-state index is 11.9. The van der Waals surface area contributed by atoms with Gasteiger partial charge in [0.1, 0.15) is 0 Å². The molecule has 9 heteroatoms. The molecule has 0 radical (unpaired) electrons. The molecule has 176 valence electrons. The van der Waals surface area contributed by atoms with Crippen LogP contribution in [-0.2, 0) is 38.5 Å². The van der Waals surface area contributed by atoms with Crippen LogP contribution in [0.4, 0.5) is 4.79 Å². The zero-order chi connectivity index (χ0) is 23.4. The van der Waals surface area contributed by atoms with Crippen molar-refractivity contribution in [3.8, 4) is 0 Å². The molecule has 0 bridgehead atoms. The molecule has 0 aromatic carbocycles. The summed E-state index contributed by atoms with van der Waals surface area (Å²) in [6.45, 7) is 21.5. The van der Waals surface area contributed by atoms with Crippen molar-refractivity contribution in [1.82, 2.24) is 0 Å². The Kier molecular flexibility index (Phi) is 13.1. The lowest BCUT2D eigenvalue weighted by atomic mass is 10.1. The summed E-state index contributed by atoms with van der Waals surface area (Å²) >= 11 is 0. The van der Waals surface area contributed by atoms with E-state index in [0.29, 0.717) is 0 Å². The third-order valence-electron chi connectivity index (χ3n) is 4.00. The van der Waals surface area contributed by atoms with Crippen LogP contribution in [0.1, 0.15) is 68.2 Å². The highest BCUT2D eigenvalue weighted by Gasteiger charge is 2.24. The molecule has 0 spiro atoms. The van der Waals surface area contributed by atoms with Crippen LogP contribution in [0.15, 0.2) is 25.3 Å². The van der Waals surface area contributed by atoms with E-state index in [0.717, 1.165) is 12.8 Å². The number of rotatable bonds is 16. The second-order valence-corrected chi connectivity index (χ2v) is 7.69. The number of carbonyl (C=O) groups excluding carboxylic acids is 1. The standard InChI is InChI=1S/C21H38O9/c1-11-17(27-29-20(7,8)13-3)23-15(5)25-19(22)26-16(6)24-18(12-2)28-30-21(9,10)14-4/h11-12,15-18H,1-2,13-14H2,3-10H3. The van der Waals surface area contributed by atoms with E-state index in [2.05, 4.69) is 13.2 Å². The predicted octanol–water partition coefficient (Wildman–Crippen LogP) is 5.16. The lowest BCUT2D eigenvalue weighted by Crippen LogP contribution is -2.32. The van der Waals surface area contributed by atoms with Crippen LogP contribution >= 0.6 is 0 Å². The highest BCUT2D eigenvalue weighted by molar-refractivity contribution is 5.60. The van der Waals surface area contributed by atoms with Gasteiger partial charge in [-0.25, -0.2) is 14.6 Å². The molecule has 0 saturated carbocycles. The lowest BCUT2D eigenvalue weighted by Gasteiger charge is -2.26. The Morgan fingerprint density at radius 3 is 1.40 bits per heavy atom. The summed E-state index contributed by atoms with van der Waals surface area (Å²) < 4.78 is 20.8. The molecule has 30 heavy (non-hydrogen) atoms. The molecule has 0 fully saturated rings. The van der Waals surface area contributed by atoms with Gasteiger partial charge in [-0.1, -0.05) is 27.0 Å². The van der Waals surface area contributed by atoms with Crippen molar-refractivity contribution in [1.29, 1.82) is 0 Å². The highest BCUT2D eigenvalue weighted by Crippen LogP contribution is 2.18. The summed E-state index contributed by atoms with van der Waals surface area (Å²) in [5.41, 5.74) is -1.000. The van der Waals surface area contributed by atoms with Crippen molar-refractivity contribution in [3.63, 3.8) is 0 Å². The van der Waals surface area contributed by atoms with Gasteiger partial charge in [-0.3, -0.25) is 0 Å². The molecule has 0 aromatic heterocycles. The fourth-order valence-electron chi connectivity index (χ4n) is 1.44. The van der Waals surface area contributed by atoms with E-state index in [1.165, 1.54) is 26.0 Å². The van der Waals surface area contributed by atoms with Gasteiger partial charge >= 0.3 is 6.16 Å². The molecule has 0 rings (SSSR count). The molecule has 0 aromatic rings. The van der Waals surface area contributed by atoms with Crippen LogP contribution in [0.3, 0.4) is 0 Å². The molecule has 0 aliphatic heterocycles. The fourth-order valence-corrected chi connectivity index (χ4v) is 1.44. The first-order valence-corrected chi connectivity index (χ1v) is 10.00. The zero-order valence-corrected chi connectivity index (χ0v) is 19.5. The van der Waals surface area contributed by atoms with Crippen molar-refractivity contribution >= 4 is 6.16 Å². The molecule has 0 heterocycles. The molecule has 9 nitrogen and oxygen atoms in total. The Morgan fingerprint density at radius 2 is 1.13 bits per heavy atom. The van der Waals surface area contributed by atoms with Gasteiger partial charge in [0, 0.05) is 0 Å². The zero-order valence-electron chi connectivity index (χ0n) is 19.5. The van der Waals surface area contributed by atoms with Crippen molar-refractivity contribution < 1.29 is 43.3 Å². The van der Waals surface area contributed by atoms with Gasteiger partial charge in [-0.2, -0.15) is 9.78 Å². The molecule has 0 aliphatic carbocycles. The second kappa shape index (κ2) is 13.7. The smallest absolute Gasteiger partial charge is 0.404 e. The Hall–Kier alpha value is -1.49. The minimum absolute atomic E-state index is 0.500. The molecule has 0 aliphatic rings. The first kappa shape index (κ1) is 28.5. The Labute approximate surface area is 180 Å². The number of hydrogen-bond donors (Lipinski definition) is 0. The molecular weight excluding hydrogens is 396 g/mol. The number of ether oxygens (including phenoxy) is 4. The fraction of sp³-hybridized carbons (Fsp3) is 0.762. The topological polar surface area (TPSA) is 90.9 Å². The van der Waals surface area contributed by atoms with Crippen molar-refractivity contribution in [3.05, 3.63) is 25.3 Å². The summed E-state index contributed by atoms with van der Waals surface area (Å²) in [5.74, 6) is 0. The first-order chi connectivity index (χ1) is 13.9. The Balaban J connectivity index is 4.41. The van der Waals surface area contributed by atoms with E-state index in [4.69, 9.17) is 38.5 Å². The monoisotopic (exact) mass is 434 g/mol. The summed E-state index contributed by atoms with van der Waals surface area (Å²) in [7, 11) is 0. The van der Waals surface area contributed by atoms with E-state index in [9.17, 15) is 4.79 Å². The van der Waals surface area contributed by atoms with Gasteiger partial charge in [0.2, 0.25) is 25.2 Å². The highest BCUT2D eigenvalue weighted by atomic mass is 17.2. The van der Waals surface area contributed by atoms with Crippen molar-refractivity contribution in [2.24, 2.45) is 0 Å². The maximum Gasteiger partial charge on any atom is 0.512 e. The van der Waals surface area contributed by atoms with E-state index < -0.39 is 42.5 Å². The normalized spacial score (nSPS) is 16.3. The van der Waals surface area contributed by atoms with E-state index in [-0.39, 0.29) is 0 Å². The summed E-state index contributed by atoms with van der Waals surface area (Å²) in [5, 5.41) is 0. The summed E-state index contributed by atoms with van der Waals surface area (Å²) in [6.07, 6.45) is -0.700. The average molecular weight is 435 g/mol. The van der Waals surface area contributed by atoms with Gasteiger partial charge in [0.15, 0.2) is 0 Å². The lowest BCUT2D eigenvalue weighted by molar-refractivity contribution is -0.422. The average Bonchev–Trinajstić information content (AvgIpc) is 2.67. The Bertz CT molecular complexity index is 475. The first-order valence-electron chi connectivity index (χ1n) is 10.00. The predicted molar refractivity (Wildman–Crippen MR) is 110 cm³/mol. The number of hydrogen-bond acceptors (Lipinski definition) is 9. The van der Waals surface area contributed by atoms with Crippen LogP contribution in [0, 0.1) is 0 Å². The molecule has 0 N–H and O–H groups in total. The second-order valence-electron chi connectivity index (χ2n) is 7.69. The minimum Gasteiger partial charge on any atom is -0.404 e. The summed E-state index contributed by atoms with van der Waals surface area (Å²) in [6, 6.07) is 0. The van der Waals surface area contributed by atoms with Gasteiger partial charge in [0.25, 0.3) is 0 Å². The van der Waals surface area contributed by atoms with Crippen molar-refractivity contribution in [2.75, 3.05) is 0 Å². The van der Waals surface area contributed by atoms with Gasteiger partial charge < -0.3 is 18.9 Å². The van der Waals surface area contributed by atoms with Gasteiger partial charge in [0.05, 0.1) is 11.2 Å². The molecule has 4 atom stereocenters. The van der Waals surface area contributed by atoms with E-state index in [1.807, 2.05) is 41.5 Å². The molecular formula is C21H38O9. The molecule has 0 saturated heterocycles. The largest absolute Gasteiger partial charge is 0.512 e. The summed E-state index contributed by atoms with van der Waals surface area (Å²) in [4.78, 5) is 32.9. The minimum atomic E-state index is -1.01.